The lowest BCUT2D eigenvalue weighted by Crippen LogP contribution is -2.39. The largest absolute Gasteiger partial charge is 0.489 e. The highest BCUT2D eigenvalue weighted by atomic mass is 127. The second-order valence-electron chi connectivity index (χ2n) is 5.50. The number of hydrogen-bond acceptors (Lipinski definition) is 3. The zero-order valence-electron chi connectivity index (χ0n) is 13.4. The van der Waals surface area contributed by atoms with Gasteiger partial charge in [0.2, 0.25) is 5.91 Å². The van der Waals surface area contributed by atoms with Gasteiger partial charge in [0.1, 0.15) is 18.2 Å². The number of nitrogens with one attached hydrogen (secondary N) is 1. The molecule has 0 aliphatic rings. The molecule has 1 amide bonds. The second-order valence-corrected chi connectivity index (χ2v) is 6.66. The highest BCUT2D eigenvalue weighted by Crippen LogP contribution is 2.21. The lowest BCUT2D eigenvalue weighted by Gasteiger charge is -2.12. The number of carbonyl (C=O) groups is 1. The number of nitrogens with two attached hydrogens (primary N) is 1. The van der Waals surface area contributed by atoms with Crippen molar-refractivity contribution in [1.29, 1.82) is 0 Å². The molecule has 2 aromatic rings. The summed E-state index contributed by atoms with van der Waals surface area (Å²) in [5, 5.41) is 3.09. The van der Waals surface area contributed by atoms with E-state index in [0.29, 0.717) is 13.2 Å². The van der Waals surface area contributed by atoms with Crippen molar-refractivity contribution in [3.63, 3.8) is 0 Å². The van der Waals surface area contributed by atoms with E-state index in [1.165, 1.54) is 12.1 Å². The molecule has 0 heterocycles. The molecule has 2 aromatic carbocycles. The Morgan fingerprint density at radius 3 is 2.67 bits per heavy atom. The van der Waals surface area contributed by atoms with Crippen molar-refractivity contribution in [2.45, 2.75) is 26.0 Å². The predicted molar refractivity (Wildman–Crippen MR) is 100 cm³/mol. The minimum Gasteiger partial charge on any atom is -0.489 e. The number of primary amides is 1. The van der Waals surface area contributed by atoms with E-state index in [4.69, 9.17) is 10.5 Å². The summed E-state index contributed by atoms with van der Waals surface area (Å²) in [4.78, 5) is 11.0. The molecule has 0 radical (unpaired) electrons. The summed E-state index contributed by atoms with van der Waals surface area (Å²) in [5.41, 5.74) is 7.27. The standard InChI is InChI=1S/C18H20FIN2O2/c1-12(18(21)23)22-9-8-14-10-16(6-7-17(14)20)24-11-13-2-4-15(19)5-3-13/h2-7,10,12,22H,8-9,11H2,1H3,(H2,21,23). The third-order valence-corrected chi connectivity index (χ3v) is 4.66. The van der Waals surface area contributed by atoms with Crippen LogP contribution >= 0.6 is 22.6 Å². The number of hydrogen-bond donors (Lipinski definition) is 2. The summed E-state index contributed by atoms with van der Waals surface area (Å²) >= 11 is 2.27. The minimum absolute atomic E-state index is 0.256. The molecule has 0 spiro atoms. The molecule has 0 saturated carbocycles. The Bertz CT molecular complexity index is 692. The maximum absolute atomic E-state index is 12.9. The van der Waals surface area contributed by atoms with E-state index < -0.39 is 0 Å². The van der Waals surface area contributed by atoms with Crippen molar-refractivity contribution in [2.75, 3.05) is 6.54 Å². The summed E-state index contributed by atoms with van der Waals surface area (Å²) in [6.07, 6.45) is 0.768. The maximum Gasteiger partial charge on any atom is 0.234 e. The number of ether oxygens (including phenoxy) is 1. The molecule has 3 N–H and O–H groups in total. The van der Waals surface area contributed by atoms with Gasteiger partial charge in [-0.2, -0.15) is 0 Å². The minimum atomic E-state index is -0.360. The van der Waals surface area contributed by atoms with Gasteiger partial charge in [0.15, 0.2) is 0 Å². The third kappa shape index (κ3) is 5.76. The van der Waals surface area contributed by atoms with Gasteiger partial charge in [-0.1, -0.05) is 12.1 Å². The van der Waals surface area contributed by atoms with Crippen LogP contribution < -0.4 is 15.8 Å². The van der Waals surface area contributed by atoms with Crippen LogP contribution in [0.3, 0.4) is 0 Å². The number of halogens is 2. The Hall–Kier alpha value is -1.67. The number of benzene rings is 2. The Balaban J connectivity index is 1.92. The molecule has 0 aliphatic carbocycles. The summed E-state index contributed by atoms with van der Waals surface area (Å²) in [6.45, 7) is 2.79. The summed E-state index contributed by atoms with van der Waals surface area (Å²) in [5.74, 6) is 0.145. The van der Waals surface area contributed by atoms with E-state index in [-0.39, 0.29) is 17.8 Å². The monoisotopic (exact) mass is 442 g/mol. The molecule has 6 heteroatoms. The van der Waals surface area contributed by atoms with Crippen LogP contribution in [0.4, 0.5) is 4.39 Å². The molecule has 24 heavy (non-hydrogen) atoms. The SMILES string of the molecule is CC(NCCc1cc(OCc2ccc(F)cc2)ccc1I)C(N)=O. The molecule has 0 saturated heterocycles. The molecule has 0 bridgehead atoms. The van der Waals surface area contributed by atoms with Crippen molar-refractivity contribution in [3.8, 4) is 5.75 Å². The fourth-order valence-corrected chi connectivity index (χ4v) is 2.71. The molecule has 0 aliphatic heterocycles. The zero-order chi connectivity index (χ0) is 17.5. The van der Waals surface area contributed by atoms with Crippen LogP contribution in [0.15, 0.2) is 42.5 Å². The molecule has 1 atom stereocenters. The predicted octanol–water partition coefficient (Wildman–Crippen LogP) is 3.02. The Morgan fingerprint density at radius 1 is 1.29 bits per heavy atom. The quantitative estimate of drug-likeness (QED) is 0.618. The van der Waals surface area contributed by atoms with Crippen molar-refractivity contribution in [1.82, 2.24) is 5.32 Å². The van der Waals surface area contributed by atoms with Gasteiger partial charge in [0, 0.05) is 3.57 Å². The highest BCUT2D eigenvalue weighted by Gasteiger charge is 2.08. The van der Waals surface area contributed by atoms with Gasteiger partial charge in [-0.25, -0.2) is 4.39 Å². The Morgan fingerprint density at radius 2 is 2.00 bits per heavy atom. The molecule has 2 rings (SSSR count). The van der Waals surface area contributed by atoms with Crippen LogP contribution in [0.1, 0.15) is 18.1 Å². The van der Waals surface area contributed by atoms with Crippen LogP contribution in [-0.4, -0.2) is 18.5 Å². The first kappa shape index (κ1) is 18.7. The zero-order valence-corrected chi connectivity index (χ0v) is 15.5. The van der Waals surface area contributed by atoms with Gasteiger partial charge in [0.05, 0.1) is 6.04 Å². The van der Waals surface area contributed by atoms with E-state index >= 15 is 0 Å². The smallest absolute Gasteiger partial charge is 0.234 e. The topological polar surface area (TPSA) is 64.3 Å². The Kier molecular flexibility index (Phi) is 6.99. The first-order chi connectivity index (χ1) is 11.5. The van der Waals surface area contributed by atoms with Crippen molar-refractivity contribution in [3.05, 3.63) is 63.0 Å². The fraction of sp³-hybridized carbons (Fsp3) is 0.278. The number of amides is 1. The molecule has 128 valence electrons. The van der Waals surface area contributed by atoms with Crippen LogP contribution in [0, 0.1) is 9.39 Å². The van der Waals surface area contributed by atoms with E-state index in [2.05, 4.69) is 27.9 Å². The average molecular weight is 442 g/mol. The maximum atomic E-state index is 12.9. The summed E-state index contributed by atoms with van der Waals surface area (Å²) in [6, 6.07) is 11.8. The third-order valence-electron chi connectivity index (χ3n) is 3.61. The molecular formula is C18H20FIN2O2. The van der Waals surface area contributed by atoms with Crippen LogP contribution in [0.25, 0.3) is 0 Å². The molecular weight excluding hydrogens is 422 g/mol. The van der Waals surface area contributed by atoms with E-state index in [1.807, 2.05) is 18.2 Å². The molecule has 0 fully saturated rings. The van der Waals surface area contributed by atoms with Crippen molar-refractivity contribution < 1.29 is 13.9 Å². The molecule has 1 unspecified atom stereocenters. The van der Waals surface area contributed by atoms with Crippen LogP contribution in [0.5, 0.6) is 5.75 Å². The normalized spacial score (nSPS) is 12.0. The fourth-order valence-electron chi connectivity index (χ4n) is 2.10. The van der Waals surface area contributed by atoms with E-state index in [1.54, 1.807) is 19.1 Å². The van der Waals surface area contributed by atoms with Crippen molar-refractivity contribution in [2.24, 2.45) is 5.73 Å². The lowest BCUT2D eigenvalue weighted by molar-refractivity contribution is -0.119. The van der Waals surface area contributed by atoms with Gasteiger partial charge in [-0.15, -0.1) is 0 Å². The Labute approximate surface area is 154 Å². The van der Waals surface area contributed by atoms with Gasteiger partial charge in [0.25, 0.3) is 0 Å². The van der Waals surface area contributed by atoms with Gasteiger partial charge in [-0.3, -0.25) is 4.79 Å². The molecule has 0 aromatic heterocycles. The summed E-state index contributed by atoms with van der Waals surface area (Å²) in [7, 11) is 0. The second kappa shape index (κ2) is 8.98. The van der Waals surface area contributed by atoms with E-state index in [0.717, 1.165) is 26.9 Å². The first-order valence-corrected chi connectivity index (χ1v) is 8.72. The number of carbonyl (C=O) groups excluding carboxylic acids is 1. The van der Waals surface area contributed by atoms with Gasteiger partial charge < -0.3 is 15.8 Å². The highest BCUT2D eigenvalue weighted by molar-refractivity contribution is 14.1. The van der Waals surface area contributed by atoms with Gasteiger partial charge >= 0.3 is 0 Å². The molecule has 4 nitrogen and oxygen atoms in total. The van der Waals surface area contributed by atoms with Crippen LogP contribution in [0.2, 0.25) is 0 Å². The first-order valence-electron chi connectivity index (χ1n) is 7.64. The van der Waals surface area contributed by atoms with Crippen molar-refractivity contribution >= 4 is 28.5 Å². The number of rotatable bonds is 8. The lowest BCUT2D eigenvalue weighted by atomic mass is 10.1. The average Bonchev–Trinajstić information content (AvgIpc) is 2.56. The van der Waals surface area contributed by atoms with Crippen LogP contribution in [-0.2, 0) is 17.8 Å². The summed E-state index contributed by atoms with van der Waals surface area (Å²) < 4.78 is 19.8. The van der Waals surface area contributed by atoms with Gasteiger partial charge in [-0.05, 0) is 83.9 Å². The van der Waals surface area contributed by atoms with E-state index in [9.17, 15) is 9.18 Å².